The summed E-state index contributed by atoms with van der Waals surface area (Å²) < 4.78 is 63.5. The van der Waals surface area contributed by atoms with E-state index in [2.05, 4.69) is 16.1 Å². The fraction of sp³-hybridized carbons (Fsp3) is 0.579. The summed E-state index contributed by atoms with van der Waals surface area (Å²) in [5, 5.41) is 12.5. The number of benzene rings is 1. The van der Waals surface area contributed by atoms with Gasteiger partial charge in [-0.1, -0.05) is 11.6 Å². The normalized spacial score (nSPS) is 26.1. The molecular formula is C19H21ClF3N3O3S. The van der Waals surface area contributed by atoms with Crippen molar-refractivity contribution in [1.82, 2.24) is 5.32 Å². The molecule has 0 unspecified atom stereocenters. The van der Waals surface area contributed by atoms with E-state index in [-0.39, 0.29) is 21.7 Å². The number of alkyl halides is 3. The van der Waals surface area contributed by atoms with Crippen LogP contribution in [0.3, 0.4) is 0 Å². The molecule has 11 heteroatoms. The molecule has 0 aromatic heterocycles. The van der Waals surface area contributed by atoms with Crippen LogP contribution in [-0.2, 0) is 10.0 Å². The molecule has 4 rings (SSSR count). The van der Waals surface area contributed by atoms with E-state index in [1.165, 1.54) is 18.2 Å². The highest BCUT2D eigenvalue weighted by Crippen LogP contribution is 2.52. The van der Waals surface area contributed by atoms with Gasteiger partial charge in [-0.25, -0.2) is 8.42 Å². The van der Waals surface area contributed by atoms with Gasteiger partial charge in [0.2, 0.25) is 10.0 Å². The van der Waals surface area contributed by atoms with Crippen molar-refractivity contribution in [2.45, 2.75) is 56.7 Å². The summed E-state index contributed by atoms with van der Waals surface area (Å²) in [6.45, 7) is 0. The second-order valence-electron chi connectivity index (χ2n) is 8.10. The van der Waals surface area contributed by atoms with Gasteiger partial charge in [-0.15, -0.1) is 0 Å². The van der Waals surface area contributed by atoms with Crippen molar-refractivity contribution in [2.75, 3.05) is 10.5 Å². The van der Waals surface area contributed by atoms with Gasteiger partial charge in [-0.2, -0.15) is 18.4 Å². The minimum Gasteiger partial charge on any atom is -0.347 e. The Balaban J connectivity index is 1.77. The second kappa shape index (κ2) is 7.93. The molecule has 1 aromatic carbocycles. The molecule has 3 fully saturated rings. The Morgan fingerprint density at radius 3 is 2.30 bits per heavy atom. The molecule has 164 valence electrons. The Morgan fingerprint density at radius 1 is 1.17 bits per heavy atom. The third kappa shape index (κ3) is 5.19. The van der Waals surface area contributed by atoms with Crippen molar-refractivity contribution in [1.29, 1.82) is 5.26 Å². The van der Waals surface area contributed by atoms with E-state index < -0.39 is 39.8 Å². The van der Waals surface area contributed by atoms with E-state index in [0.29, 0.717) is 38.5 Å². The Hall–Kier alpha value is -1.99. The van der Waals surface area contributed by atoms with Gasteiger partial charge in [0.05, 0.1) is 34.9 Å². The largest absolute Gasteiger partial charge is 0.390 e. The minimum atomic E-state index is -4.62. The molecule has 6 nitrogen and oxygen atoms in total. The summed E-state index contributed by atoms with van der Waals surface area (Å²) >= 11 is 5.91. The van der Waals surface area contributed by atoms with Crippen molar-refractivity contribution in [2.24, 2.45) is 5.41 Å². The second-order valence-corrected chi connectivity index (χ2v) is 10.4. The number of amides is 1. The summed E-state index contributed by atoms with van der Waals surface area (Å²) in [5.74, 6) is -1.70. The fourth-order valence-corrected chi connectivity index (χ4v) is 5.39. The lowest BCUT2D eigenvalue weighted by atomic mass is 9.58. The van der Waals surface area contributed by atoms with Crippen molar-refractivity contribution in [3.63, 3.8) is 0 Å². The van der Waals surface area contributed by atoms with Crippen molar-refractivity contribution >= 4 is 33.2 Å². The monoisotopic (exact) mass is 463 g/mol. The first-order valence-electron chi connectivity index (χ1n) is 9.47. The fourth-order valence-electron chi connectivity index (χ4n) is 4.12. The van der Waals surface area contributed by atoms with Gasteiger partial charge in [-0.05, 0) is 56.7 Å². The quantitative estimate of drug-likeness (QED) is 0.653. The molecule has 0 saturated heterocycles. The lowest BCUT2D eigenvalue weighted by molar-refractivity contribution is -0.129. The number of anilines is 1. The van der Waals surface area contributed by atoms with E-state index in [1.807, 2.05) is 0 Å². The summed E-state index contributed by atoms with van der Waals surface area (Å²) in [4.78, 5) is 12.9. The van der Waals surface area contributed by atoms with Crippen molar-refractivity contribution in [3.8, 4) is 6.07 Å². The van der Waals surface area contributed by atoms with Gasteiger partial charge in [0.15, 0.2) is 0 Å². The van der Waals surface area contributed by atoms with E-state index in [0.717, 1.165) is 0 Å². The third-order valence-corrected chi connectivity index (χ3v) is 7.52. The number of halogens is 4. The Labute approximate surface area is 177 Å². The zero-order valence-electron chi connectivity index (χ0n) is 16.0. The molecule has 3 aliphatic rings. The average molecular weight is 464 g/mol. The SMILES string of the molecule is N#CC12CCC(NC(=O)c3ccc(Cl)cc3NS(=O)(=O)CCC(F)(F)F)(CC1)CC2. The molecule has 1 aromatic rings. The number of nitrogens with one attached hydrogen (secondary N) is 2. The van der Waals surface area contributed by atoms with Gasteiger partial charge in [0.25, 0.3) is 5.91 Å². The highest BCUT2D eigenvalue weighted by atomic mass is 35.5. The molecule has 0 spiro atoms. The van der Waals surface area contributed by atoms with Crippen LogP contribution in [0, 0.1) is 16.7 Å². The zero-order chi connectivity index (χ0) is 22.2. The summed E-state index contributed by atoms with van der Waals surface area (Å²) in [6.07, 6.45) is -2.15. The number of fused-ring (bicyclic) bond motifs is 3. The number of nitrogens with zero attached hydrogens (tertiary/aromatic N) is 1. The first-order chi connectivity index (χ1) is 13.9. The van der Waals surface area contributed by atoms with Crippen LogP contribution >= 0.6 is 11.6 Å². The van der Waals surface area contributed by atoms with Crippen LogP contribution in [0.15, 0.2) is 18.2 Å². The molecular weight excluding hydrogens is 443 g/mol. The van der Waals surface area contributed by atoms with Gasteiger partial charge >= 0.3 is 6.18 Å². The smallest absolute Gasteiger partial charge is 0.347 e. The highest BCUT2D eigenvalue weighted by Gasteiger charge is 2.49. The van der Waals surface area contributed by atoms with Crippen LogP contribution in [0.5, 0.6) is 0 Å². The predicted molar refractivity (Wildman–Crippen MR) is 105 cm³/mol. The molecule has 30 heavy (non-hydrogen) atoms. The van der Waals surface area contributed by atoms with Crippen molar-refractivity contribution < 1.29 is 26.4 Å². The predicted octanol–water partition coefficient (Wildman–Crippen LogP) is 4.38. The molecule has 0 aliphatic heterocycles. The molecule has 1 amide bonds. The van der Waals surface area contributed by atoms with Gasteiger partial charge in [0, 0.05) is 10.6 Å². The van der Waals surface area contributed by atoms with Crippen LogP contribution in [0.25, 0.3) is 0 Å². The van der Waals surface area contributed by atoms with Gasteiger partial charge in [-0.3, -0.25) is 9.52 Å². The number of sulfonamides is 1. The summed E-state index contributed by atoms with van der Waals surface area (Å²) in [7, 11) is -4.34. The van der Waals surface area contributed by atoms with Gasteiger partial charge in [0.1, 0.15) is 0 Å². The molecule has 3 saturated carbocycles. The third-order valence-electron chi connectivity index (χ3n) is 6.01. The molecule has 0 radical (unpaired) electrons. The zero-order valence-corrected chi connectivity index (χ0v) is 17.6. The number of rotatable bonds is 6. The topological polar surface area (TPSA) is 99.1 Å². The van der Waals surface area contributed by atoms with Crippen LogP contribution in [-0.4, -0.2) is 31.8 Å². The molecule has 0 atom stereocenters. The summed E-state index contributed by atoms with van der Waals surface area (Å²) in [5.41, 5.74) is -0.989. The number of carbonyl (C=O) groups is 1. The molecule has 2 N–H and O–H groups in total. The van der Waals surface area contributed by atoms with Crippen LogP contribution < -0.4 is 10.0 Å². The molecule has 3 aliphatic carbocycles. The Kier molecular flexibility index (Phi) is 6.00. The Bertz CT molecular complexity index is 964. The lowest BCUT2D eigenvalue weighted by Crippen LogP contribution is -2.56. The maximum absolute atomic E-state index is 12.9. The van der Waals surface area contributed by atoms with Gasteiger partial charge < -0.3 is 5.32 Å². The van der Waals surface area contributed by atoms with Crippen LogP contribution in [0.2, 0.25) is 5.02 Å². The average Bonchev–Trinajstić information content (AvgIpc) is 2.67. The highest BCUT2D eigenvalue weighted by molar-refractivity contribution is 7.92. The van der Waals surface area contributed by atoms with Crippen LogP contribution in [0.4, 0.5) is 18.9 Å². The van der Waals surface area contributed by atoms with E-state index in [4.69, 9.17) is 11.6 Å². The number of hydrogen-bond donors (Lipinski definition) is 2. The van der Waals surface area contributed by atoms with E-state index in [9.17, 15) is 31.6 Å². The first kappa shape index (κ1) is 22.7. The standard InChI is InChI=1S/C19H21ClF3N3O3S/c20-13-1-2-14(15(11-13)26-30(28,29)10-9-19(21,22)23)16(27)25-18-6-3-17(12-24,4-7-18)5-8-18/h1-2,11,26H,3-10H2,(H,25,27). The van der Waals surface area contributed by atoms with Crippen molar-refractivity contribution in [3.05, 3.63) is 28.8 Å². The maximum Gasteiger partial charge on any atom is 0.390 e. The van der Waals surface area contributed by atoms with E-state index in [1.54, 1.807) is 0 Å². The number of carbonyl (C=O) groups excluding carboxylic acids is 1. The van der Waals surface area contributed by atoms with Crippen LogP contribution in [0.1, 0.15) is 55.3 Å². The number of nitriles is 1. The minimum absolute atomic E-state index is 0.0212. The Morgan fingerprint density at radius 2 is 1.77 bits per heavy atom. The van der Waals surface area contributed by atoms with E-state index >= 15 is 0 Å². The molecule has 2 bridgehead atoms. The maximum atomic E-state index is 12.9. The number of hydrogen-bond acceptors (Lipinski definition) is 4. The summed E-state index contributed by atoms with van der Waals surface area (Å²) in [6, 6.07) is 6.32. The first-order valence-corrected chi connectivity index (χ1v) is 11.5. The lowest BCUT2D eigenvalue weighted by Gasteiger charge is -2.50. The molecule has 0 heterocycles.